The van der Waals surface area contributed by atoms with E-state index in [9.17, 15) is 32.0 Å². The Bertz CT molecular complexity index is 2050. The summed E-state index contributed by atoms with van der Waals surface area (Å²) in [5.41, 5.74) is -0.775. The number of hydrogen-bond donors (Lipinski definition) is 3. The molecule has 0 spiro atoms. The van der Waals surface area contributed by atoms with Crippen LogP contribution in [0.5, 0.6) is 5.88 Å². The highest BCUT2D eigenvalue weighted by molar-refractivity contribution is 7.91. The fourth-order valence-electron chi connectivity index (χ4n) is 6.89. The molecule has 15 nitrogen and oxygen atoms in total. The first-order valence-corrected chi connectivity index (χ1v) is 19.0. The molecule has 2 aliphatic carbocycles. The number of carbonyl (C=O) groups excluding carboxylic acids is 4. The third kappa shape index (κ3) is 7.31. The lowest BCUT2D eigenvalue weighted by molar-refractivity contribution is -0.141. The molecule has 1 unspecified atom stereocenters. The van der Waals surface area contributed by atoms with Gasteiger partial charge in [-0.3, -0.25) is 23.9 Å². The summed E-state index contributed by atoms with van der Waals surface area (Å²) in [6.07, 6.45) is 9.64. The molecule has 52 heavy (non-hydrogen) atoms. The van der Waals surface area contributed by atoms with Crippen molar-refractivity contribution < 1.29 is 36.7 Å². The molecule has 1 saturated heterocycles. The standard InChI is InChI=1S/C35H39FN8O7S/c1-20-32(41-29-24(36)9-7-11-25(29)39-20)51-22-16-28-31(46)42-35(34(48)43-52(49,50)23-12-13-23)17-21(35)8-5-3-2-4-6-10-27(33(47)44(28)18-22)40-30(45)26-14-15-37-19-38-26/h5,7-9,11,14-15,19,21-23,27-28H,2-4,6,10,12-13,16-18H2,1H3,(H,40,45)(H,42,46)(H,43,48)/b8-5-/t21?,22-,27+,28+,35-/m1/s1. The summed E-state index contributed by atoms with van der Waals surface area (Å²) in [5, 5.41) is 4.96. The Kier molecular flexibility index (Phi) is 9.63. The average molecular weight is 735 g/mol. The zero-order chi connectivity index (χ0) is 36.6. The van der Waals surface area contributed by atoms with Crippen molar-refractivity contribution in [1.82, 2.24) is 40.2 Å². The normalized spacial score (nSPS) is 27.3. The molecule has 2 aromatic heterocycles. The van der Waals surface area contributed by atoms with Crippen LogP contribution in [0.25, 0.3) is 11.0 Å². The fourth-order valence-corrected chi connectivity index (χ4v) is 8.25. The van der Waals surface area contributed by atoms with E-state index in [-0.39, 0.29) is 42.9 Å². The minimum absolute atomic E-state index is 0.000746. The number of benzene rings is 1. The van der Waals surface area contributed by atoms with Crippen LogP contribution in [0.2, 0.25) is 0 Å². The van der Waals surface area contributed by atoms with Crippen LogP contribution in [-0.2, 0) is 24.4 Å². The highest BCUT2D eigenvalue weighted by atomic mass is 32.2. The first-order valence-electron chi connectivity index (χ1n) is 17.5. The van der Waals surface area contributed by atoms with E-state index in [4.69, 9.17) is 4.74 Å². The molecule has 0 bridgehead atoms. The van der Waals surface area contributed by atoms with Crippen LogP contribution >= 0.6 is 0 Å². The Labute approximate surface area is 299 Å². The molecule has 3 N–H and O–H groups in total. The van der Waals surface area contributed by atoms with Gasteiger partial charge in [-0.1, -0.05) is 31.1 Å². The minimum Gasteiger partial charge on any atom is -0.471 e. The minimum atomic E-state index is -3.91. The molecule has 0 radical (unpaired) electrons. The summed E-state index contributed by atoms with van der Waals surface area (Å²) in [7, 11) is -3.91. The molecule has 3 fully saturated rings. The van der Waals surface area contributed by atoms with Gasteiger partial charge in [-0.05, 0) is 63.6 Å². The largest absolute Gasteiger partial charge is 0.471 e. The molecule has 274 valence electrons. The van der Waals surface area contributed by atoms with Gasteiger partial charge < -0.3 is 20.3 Å². The van der Waals surface area contributed by atoms with E-state index in [0.717, 1.165) is 12.8 Å². The number of aryl methyl sites for hydroxylation is 1. The molecular formula is C35H39FN8O7S. The van der Waals surface area contributed by atoms with E-state index in [0.29, 0.717) is 36.9 Å². The number of carbonyl (C=O) groups is 4. The lowest BCUT2D eigenvalue weighted by atomic mass is 10.0. The van der Waals surface area contributed by atoms with Crippen LogP contribution in [0.3, 0.4) is 0 Å². The van der Waals surface area contributed by atoms with Crippen molar-refractivity contribution in [3.8, 4) is 5.88 Å². The number of ether oxygens (including phenoxy) is 1. The zero-order valence-electron chi connectivity index (χ0n) is 28.5. The average Bonchev–Trinajstić information content (AvgIpc) is 4.05. The van der Waals surface area contributed by atoms with Gasteiger partial charge in [0.1, 0.15) is 47.0 Å². The number of allylic oxidation sites excluding steroid dienone is 1. The quantitative estimate of drug-likeness (QED) is 0.300. The van der Waals surface area contributed by atoms with Crippen LogP contribution in [0.4, 0.5) is 4.39 Å². The summed E-state index contributed by atoms with van der Waals surface area (Å²) < 4.78 is 48.6. The Morgan fingerprint density at radius 2 is 1.92 bits per heavy atom. The Morgan fingerprint density at radius 1 is 1.10 bits per heavy atom. The van der Waals surface area contributed by atoms with E-state index in [1.54, 1.807) is 13.0 Å². The predicted octanol–water partition coefficient (Wildman–Crippen LogP) is 2.02. The lowest BCUT2D eigenvalue weighted by Gasteiger charge is -2.29. The highest BCUT2D eigenvalue weighted by Crippen LogP contribution is 2.46. The van der Waals surface area contributed by atoms with Crippen molar-refractivity contribution >= 4 is 44.7 Å². The first kappa shape index (κ1) is 35.3. The van der Waals surface area contributed by atoms with E-state index in [1.807, 2.05) is 12.2 Å². The van der Waals surface area contributed by atoms with Crippen molar-refractivity contribution in [2.45, 2.75) is 93.7 Å². The van der Waals surface area contributed by atoms with Gasteiger partial charge in [0.2, 0.25) is 27.7 Å². The number of amides is 4. The number of sulfonamides is 1. The molecule has 5 atom stereocenters. The number of nitrogens with one attached hydrogen (secondary N) is 3. The van der Waals surface area contributed by atoms with E-state index in [2.05, 4.69) is 35.3 Å². The van der Waals surface area contributed by atoms with Crippen molar-refractivity contribution in [2.24, 2.45) is 5.92 Å². The van der Waals surface area contributed by atoms with Gasteiger partial charge in [0, 0.05) is 18.5 Å². The van der Waals surface area contributed by atoms with Crippen LogP contribution < -0.4 is 20.1 Å². The number of hydrogen-bond acceptors (Lipinski definition) is 11. The van der Waals surface area contributed by atoms with Gasteiger partial charge in [-0.15, -0.1) is 0 Å². The second kappa shape index (κ2) is 14.2. The lowest BCUT2D eigenvalue weighted by Crippen LogP contribution is -2.58. The number of para-hydroxylation sites is 1. The van der Waals surface area contributed by atoms with E-state index in [1.165, 1.54) is 35.6 Å². The molecular weight excluding hydrogens is 695 g/mol. The van der Waals surface area contributed by atoms with Gasteiger partial charge in [-0.2, -0.15) is 0 Å². The third-order valence-electron chi connectivity index (χ3n) is 10.0. The third-order valence-corrected chi connectivity index (χ3v) is 11.8. The first-order chi connectivity index (χ1) is 24.9. The van der Waals surface area contributed by atoms with Crippen molar-refractivity contribution in [3.63, 3.8) is 0 Å². The monoisotopic (exact) mass is 734 g/mol. The summed E-state index contributed by atoms with van der Waals surface area (Å²) >= 11 is 0. The van der Waals surface area contributed by atoms with Crippen molar-refractivity contribution in [1.29, 1.82) is 0 Å². The maximum Gasteiger partial charge on any atom is 0.270 e. The number of aromatic nitrogens is 4. The SMILES string of the molecule is Cc1nc2cccc(F)c2nc1O[C@@H]1C[C@H]2C(=O)N[C@]3(C(=O)NS(=O)(=O)C4CC4)CC3/C=C\CCCCC[C@H](NC(=O)c3ccncn3)C(=O)N2C1. The number of fused-ring (bicyclic) bond motifs is 3. The molecule has 2 saturated carbocycles. The number of rotatable bonds is 7. The van der Waals surface area contributed by atoms with Crippen LogP contribution in [0, 0.1) is 18.7 Å². The summed E-state index contributed by atoms with van der Waals surface area (Å²) in [5.74, 6) is -3.67. The fraction of sp³-hybridized carbons (Fsp3) is 0.486. The van der Waals surface area contributed by atoms with Gasteiger partial charge in [-0.25, -0.2) is 32.7 Å². The predicted molar refractivity (Wildman–Crippen MR) is 183 cm³/mol. The maximum atomic E-state index is 14.7. The second-order valence-electron chi connectivity index (χ2n) is 13.8. The molecule has 4 amide bonds. The summed E-state index contributed by atoms with van der Waals surface area (Å²) in [6.45, 7) is 1.54. The van der Waals surface area contributed by atoms with Gasteiger partial charge in [0.05, 0.1) is 17.3 Å². The van der Waals surface area contributed by atoms with Crippen molar-refractivity contribution in [3.05, 3.63) is 66.1 Å². The van der Waals surface area contributed by atoms with Gasteiger partial charge in [0.25, 0.3) is 11.8 Å². The highest BCUT2D eigenvalue weighted by Gasteiger charge is 2.62. The van der Waals surface area contributed by atoms with Gasteiger partial charge >= 0.3 is 0 Å². The zero-order valence-corrected chi connectivity index (χ0v) is 29.3. The molecule has 1 aromatic carbocycles. The Balaban J connectivity index is 1.20. The van der Waals surface area contributed by atoms with Crippen LogP contribution in [0.1, 0.15) is 74.0 Å². The Morgan fingerprint density at radius 3 is 2.69 bits per heavy atom. The van der Waals surface area contributed by atoms with E-state index >= 15 is 0 Å². The topological polar surface area (TPSA) is 203 Å². The molecule has 3 aromatic rings. The molecule has 7 rings (SSSR count). The second-order valence-corrected chi connectivity index (χ2v) is 15.8. The summed E-state index contributed by atoms with van der Waals surface area (Å²) in [6, 6.07) is 3.60. The van der Waals surface area contributed by atoms with Crippen LogP contribution in [-0.4, -0.2) is 92.4 Å². The molecule has 4 heterocycles. The smallest absolute Gasteiger partial charge is 0.270 e. The van der Waals surface area contributed by atoms with Crippen LogP contribution in [0.15, 0.2) is 48.9 Å². The van der Waals surface area contributed by atoms with E-state index < -0.39 is 74.4 Å². The molecule has 4 aliphatic rings. The Hall–Kier alpha value is -5.06. The van der Waals surface area contributed by atoms with Gasteiger partial charge in [0.15, 0.2) is 5.82 Å². The maximum absolute atomic E-state index is 14.7. The number of halogens is 1. The molecule has 2 aliphatic heterocycles. The van der Waals surface area contributed by atoms with Crippen molar-refractivity contribution in [2.75, 3.05) is 6.54 Å². The molecule has 17 heteroatoms. The number of nitrogens with zero attached hydrogens (tertiary/aromatic N) is 5. The summed E-state index contributed by atoms with van der Waals surface area (Å²) in [4.78, 5) is 73.5.